The van der Waals surface area contributed by atoms with Crippen molar-refractivity contribution in [2.24, 2.45) is 0 Å². The lowest BCUT2D eigenvalue weighted by Crippen LogP contribution is -2.55. The molecular formula is C28H30F6N2O2. The molecule has 1 heterocycles. The molecule has 1 fully saturated rings. The number of hydrogen-bond acceptors (Lipinski definition) is 3. The van der Waals surface area contributed by atoms with Gasteiger partial charge in [-0.2, -0.15) is 26.3 Å². The molecular weight excluding hydrogens is 510 g/mol. The Balaban J connectivity index is 1.94. The van der Waals surface area contributed by atoms with Crippen molar-refractivity contribution in [3.05, 3.63) is 96.1 Å². The predicted molar refractivity (Wildman–Crippen MR) is 132 cm³/mol. The molecule has 1 amide bonds. The van der Waals surface area contributed by atoms with Crippen molar-refractivity contribution < 1.29 is 35.9 Å². The van der Waals surface area contributed by atoms with Crippen LogP contribution in [0.2, 0.25) is 0 Å². The van der Waals surface area contributed by atoms with E-state index in [9.17, 15) is 31.1 Å². The molecule has 3 rings (SSSR count). The summed E-state index contributed by atoms with van der Waals surface area (Å²) in [6.07, 6.45) is -6.56. The SMILES string of the molecule is C=CC[C@](COC(C)c1cc(C(F)(F)F)cc(C(F)(F)F)c1)(NC[C@]1(C=C)CCC(=O)N1)c1ccccc1. The van der Waals surface area contributed by atoms with Crippen molar-refractivity contribution in [1.29, 1.82) is 0 Å². The van der Waals surface area contributed by atoms with E-state index in [1.165, 1.54) is 6.92 Å². The topological polar surface area (TPSA) is 50.4 Å². The zero-order valence-corrected chi connectivity index (χ0v) is 20.9. The number of benzene rings is 2. The summed E-state index contributed by atoms with van der Waals surface area (Å²) in [6.45, 7) is 9.24. The average Bonchev–Trinajstić information content (AvgIpc) is 3.26. The van der Waals surface area contributed by atoms with Crippen LogP contribution in [0.25, 0.3) is 0 Å². The summed E-state index contributed by atoms with van der Waals surface area (Å²) in [4.78, 5) is 11.9. The number of amides is 1. The molecule has 0 aromatic heterocycles. The fourth-order valence-corrected chi connectivity index (χ4v) is 4.49. The highest BCUT2D eigenvalue weighted by Crippen LogP contribution is 2.38. The molecule has 10 heteroatoms. The predicted octanol–water partition coefficient (Wildman–Crippen LogP) is 6.70. The minimum absolute atomic E-state index is 0.0916. The lowest BCUT2D eigenvalue weighted by Gasteiger charge is -2.39. The second-order valence-corrected chi connectivity index (χ2v) is 9.50. The van der Waals surface area contributed by atoms with Gasteiger partial charge < -0.3 is 15.4 Å². The second-order valence-electron chi connectivity index (χ2n) is 9.50. The highest BCUT2D eigenvalue weighted by Gasteiger charge is 2.40. The molecule has 0 spiro atoms. The first-order chi connectivity index (χ1) is 17.7. The number of halogens is 6. The Labute approximate surface area is 217 Å². The van der Waals surface area contributed by atoms with Gasteiger partial charge in [0.1, 0.15) is 0 Å². The first-order valence-corrected chi connectivity index (χ1v) is 12.0. The quantitative estimate of drug-likeness (QED) is 0.246. The van der Waals surface area contributed by atoms with E-state index in [0.717, 1.165) is 5.56 Å². The highest BCUT2D eigenvalue weighted by molar-refractivity contribution is 5.80. The van der Waals surface area contributed by atoms with E-state index in [1.54, 1.807) is 24.3 Å². The zero-order chi connectivity index (χ0) is 28.2. The van der Waals surface area contributed by atoms with Crippen LogP contribution >= 0.6 is 0 Å². The lowest BCUT2D eigenvalue weighted by molar-refractivity contribution is -0.143. The number of carbonyl (C=O) groups is 1. The van der Waals surface area contributed by atoms with E-state index in [1.807, 2.05) is 18.2 Å². The summed E-state index contributed by atoms with van der Waals surface area (Å²) < 4.78 is 86.2. The van der Waals surface area contributed by atoms with Crippen LogP contribution < -0.4 is 10.6 Å². The molecule has 2 N–H and O–H groups in total. The Morgan fingerprint density at radius 3 is 2.11 bits per heavy atom. The van der Waals surface area contributed by atoms with Crippen LogP contribution in [-0.2, 0) is 27.4 Å². The van der Waals surface area contributed by atoms with Crippen molar-refractivity contribution in [1.82, 2.24) is 10.6 Å². The summed E-state index contributed by atoms with van der Waals surface area (Å²) in [5.74, 6) is -0.115. The van der Waals surface area contributed by atoms with E-state index in [2.05, 4.69) is 23.8 Å². The minimum Gasteiger partial charge on any atom is -0.372 e. The molecule has 4 nitrogen and oxygen atoms in total. The third-order valence-electron chi connectivity index (χ3n) is 6.80. The van der Waals surface area contributed by atoms with Crippen LogP contribution in [0, 0.1) is 0 Å². The molecule has 0 aliphatic carbocycles. The number of nitrogens with one attached hydrogen (secondary N) is 2. The summed E-state index contributed by atoms with van der Waals surface area (Å²) in [6, 6.07) is 10.5. The standard InChI is InChI=1S/C28H30F6N2O2/c1-4-12-26(21-9-7-6-8-10-21,35-17-25(5-2)13-11-24(37)36-25)18-38-19(3)20-14-22(27(29,30)31)16-23(15-20)28(32,33)34/h4-10,14-16,19,35H,1-2,11-13,17-18H2,3H3,(H,36,37)/t19?,25-,26+/m0/s1. The first-order valence-electron chi connectivity index (χ1n) is 12.0. The van der Waals surface area contributed by atoms with Gasteiger partial charge in [-0.3, -0.25) is 4.79 Å². The maximum absolute atomic E-state index is 13.4. The largest absolute Gasteiger partial charge is 0.416 e. The third-order valence-corrected chi connectivity index (χ3v) is 6.80. The van der Waals surface area contributed by atoms with Gasteiger partial charge in [-0.05, 0) is 49.1 Å². The Morgan fingerprint density at radius 1 is 1.03 bits per heavy atom. The summed E-state index contributed by atoms with van der Waals surface area (Å²) in [5.41, 5.74) is -3.95. The normalized spacial score (nSPS) is 20.4. The fourth-order valence-electron chi connectivity index (χ4n) is 4.49. The maximum Gasteiger partial charge on any atom is 0.416 e. The van der Waals surface area contributed by atoms with Crippen LogP contribution in [0.3, 0.4) is 0 Å². The van der Waals surface area contributed by atoms with Gasteiger partial charge in [-0.1, -0.05) is 42.5 Å². The fraction of sp³-hybridized carbons (Fsp3) is 0.393. The van der Waals surface area contributed by atoms with Gasteiger partial charge in [0.15, 0.2) is 0 Å². The second kappa shape index (κ2) is 11.3. The van der Waals surface area contributed by atoms with Gasteiger partial charge in [-0.25, -0.2) is 0 Å². The molecule has 206 valence electrons. The molecule has 0 bridgehead atoms. The molecule has 2 aromatic rings. The van der Waals surface area contributed by atoms with Crippen LogP contribution in [0.5, 0.6) is 0 Å². The van der Waals surface area contributed by atoms with Gasteiger partial charge in [0, 0.05) is 13.0 Å². The van der Waals surface area contributed by atoms with Crippen molar-refractivity contribution in [3.8, 4) is 0 Å². The number of carbonyl (C=O) groups excluding carboxylic acids is 1. The number of hydrogen-bond donors (Lipinski definition) is 2. The van der Waals surface area contributed by atoms with Crippen molar-refractivity contribution in [2.45, 2.75) is 55.7 Å². The Bertz CT molecular complexity index is 1120. The molecule has 1 aliphatic heterocycles. The monoisotopic (exact) mass is 540 g/mol. The Kier molecular flexibility index (Phi) is 8.78. The number of alkyl halides is 6. The molecule has 3 atom stereocenters. The van der Waals surface area contributed by atoms with E-state index >= 15 is 0 Å². The molecule has 38 heavy (non-hydrogen) atoms. The summed E-state index contributed by atoms with van der Waals surface area (Å²) in [7, 11) is 0. The molecule has 0 radical (unpaired) electrons. The van der Waals surface area contributed by atoms with Gasteiger partial charge in [0.25, 0.3) is 0 Å². The zero-order valence-electron chi connectivity index (χ0n) is 20.9. The van der Waals surface area contributed by atoms with Crippen LogP contribution in [0.1, 0.15) is 54.5 Å². The van der Waals surface area contributed by atoms with E-state index in [4.69, 9.17) is 4.74 Å². The van der Waals surface area contributed by atoms with E-state index in [0.29, 0.717) is 31.4 Å². The van der Waals surface area contributed by atoms with Gasteiger partial charge in [0.05, 0.1) is 34.9 Å². The molecule has 1 aliphatic rings. The Morgan fingerprint density at radius 2 is 1.63 bits per heavy atom. The Hall–Kier alpha value is -3.11. The lowest BCUT2D eigenvalue weighted by atomic mass is 9.85. The van der Waals surface area contributed by atoms with Gasteiger partial charge >= 0.3 is 12.4 Å². The summed E-state index contributed by atoms with van der Waals surface area (Å²) >= 11 is 0. The number of rotatable bonds is 11. The molecule has 0 saturated carbocycles. The van der Waals surface area contributed by atoms with Crippen molar-refractivity contribution in [2.75, 3.05) is 13.2 Å². The average molecular weight is 541 g/mol. The van der Waals surface area contributed by atoms with E-state index in [-0.39, 0.29) is 30.7 Å². The van der Waals surface area contributed by atoms with Crippen LogP contribution in [0.15, 0.2) is 73.8 Å². The molecule has 2 aromatic carbocycles. The van der Waals surface area contributed by atoms with Crippen molar-refractivity contribution in [3.63, 3.8) is 0 Å². The van der Waals surface area contributed by atoms with Crippen molar-refractivity contribution >= 4 is 5.91 Å². The van der Waals surface area contributed by atoms with Gasteiger partial charge in [-0.15, -0.1) is 13.2 Å². The highest BCUT2D eigenvalue weighted by atomic mass is 19.4. The smallest absolute Gasteiger partial charge is 0.372 e. The summed E-state index contributed by atoms with van der Waals surface area (Å²) in [5, 5.41) is 6.36. The maximum atomic E-state index is 13.4. The van der Waals surface area contributed by atoms with Crippen LogP contribution in [0.4, 0.5) is 26.3 Å². The van der Waals surface area contributed by atoms with Gasteiger partial charge in [0.2, 0.25) is 5.91 Å². The first kappa shape index (κ1) is 29.4. The molecule has 1 unspecified atom stereocenters. The van der Waals surface area contributed by atoms with E-state index < -0.39 is 40.7 Å². The third kappa shape index (κ3) is 6.85. The number of ether oxygens (including phenoxy) is 1. The van der Waals surface area contributed by atoms with Crippen LogP contribution in [-0.4, -0.2) is 24.6 Å². The molecule has 1 saturated heterocycles. The minimum atomic E-state index is -4.96.